The summed E-state index contributed by atoms with van der Waals surface area (Å²) < 4.78 is 27.7. The topological polar surface area (TPSA) is 34.9 Å². The summed E-state index contributed by atoms with van der Waals surface area (Å²) in [5.74, 6) is -0.973. The molecule has 1 unspecified atom stereocenters. The first-order valence-electron chi connectivity index (χ1n) is 4.36. The highest BCUT2D eigenvalue weighted by molar-refractivity contribution is 6.67. The zero-order chi connectivity index (χ0) is 12.3. The van der Waals surface area contributed by atoms with Gasteiger partial charge in [-0.05, 0) is 11.6 Å². The summed E-state index contributed by atoms with van der Waals surface area (Å²) in [6.07, 6.45) is 0.533. The standard InChI is InChI=1S/C10H9ClF2N2O/c1-3-5-15-10(13)7(9(11)16)8(14-15)6(12)4-2/h3-4,6H,1-2,5H2. The summed E-state index contributed by atoms with van der Waals surface area (Å²) in [6.45, 7) is 6.61. The van der Waals surface area contributed by atoms with E-state index in [0.29, 0.717) is 0 Å². The van der Waals surface area contributed by atoms with Gasteiger partial charge < -0.3 is 0 Å². The van der Waals surface area contributed by atoms with Gasteiger partial charge in [-0.3, -0.25) is 4.79 Å². The Balaban J connectivity index is 3.35. The van der Waals surface area contributed by atoms with Gasteiger partial charge in [0.1, 0.15) is 11.3 Å². The number of nitrogens with zero attached hydrogens (tertiary/aromatic N) is 2. The monoisotopic (exact) mass is 246 g/mol. The molecule has 0 fully saturated rings. The van der Waals surface area contributed by atoms with Crippen molar-refractivity contribution in [2.24, 2.45) is 0 Å². The van der Waals surface area contributed by atoms with Crippen molar-refractivity contribution in [3.8, 4) is 0 Å². The lowest BCUT2D eigenvalue weighted by Gasteiger charge is -1.98. The maximum Gasteiger partial charge on any atom is 0.259 e. The molecule has 0 bridgehead atoms. The number of aromatic nitrogens is 2. The third-order valence-electron chi connectivity index (χ3n) is 1.88. The summed E-state index contributed by atoms with van der Waals surface area (Å²) in [6, 6.07) is 0. The summed E-state index contributed by atoms with van der Waals surface area (Å²) in [5, 5.41) is 2.52. The van der Waals surface area contributed by atoms with Gasteiger partial charge in [-0.1, -0.05) is 18.7 Å². The van der Waals surface area contributed by atoms with Crippen molar-refractivity contribution >= 4 is 16.8 Å². The molecule has 0 N–H and O–H groups in total. The van der Waals surface area contributed by atoms with Crippen molar-refractivity contribution in [2.75, 3.05) is 0 Å². The molecule has 0 spiro atoms. The van der Waals surface area contributed by atoms with E-state index in [9.17, 15) is 13.6 Å². The van der Waals surface area contributed by atoms with Crippen LogP contribution >= 0.6 is 11.6 Å². The minimum absolute atomic E-state index is 0.0207. The highest BCUT2D eigenvalue weighted by atomic mass is 35.5. The molecule has 1 aromatic rings. The van der Waals surface area contributed by atoms with Crippen LogP contribution in [0.1, 0.15) is 22.2 Å². The first-order valence-corrected chi connectivity index (χ1v) is 4.74. The number of alkyl halides is 1. The van der Waals surface area contributed by atoms with Crippen LogP contribution in [0.4, 0.5) is 8.78 Å². The number of halogens is 3. The summed E-state index contributed by atoms with van der Waals surface area (Å²) in [5.41, 5.74) is -0.926. The van der Waals surface area contributed by atoms with Gasteiger partial charge in [-0.15, -0.1) is 6.58 Å². The third-order valence-corrected chi connectivity index (χ3v) is 2.07. The van der Waals surface area contributed by atoms with E-state index in [4.69, 9.17) is 11.6 Å². The minimum atomic E-state index is -1.74. The van der Waals surface area contributed by atoms with Crippen LogP contribution in [0.5, 0.6) is 0 Å². The number of hydrogen-bond donors (Lipinski definition) is 0. The lowest BCUT2D eigenvalue weighted by molar-refractivity contribution is 0.107. The fourth-order valence-corrected chi connectivity index (χ4v) is 1.36. The molecule has 0 amide bonds. The van der Waals surface area contributed by atoms with Crippen LogP contribution in [-0.2, 0) is 6.54 Å². The van der Waals surface area contributed by atoms with E-state index >= 15 is 0 Å². The molecule has 6 heteroatoms. The predicted octanol–water partition coefficient (Wildman–Crippen LogP) is 2.78. The first kappa shape index (κ1) is 12.6. The molecular weight excluding hydrogens is 238 g/mol. The number of hydrogen-bond acceptors (Lipinski definition) is 2. The molecule has 0 aliphatic rings. The molecule has 0 radical (unpaired) electrons. The number of carbonyl (C=O) groups excluding carboxylic acids is 1. The second kappa shape index (κ2) is 5.03. The van der Waals surface area contributed by atoms with E-state index in [-0.39, 0.29) is 12.2 Å². The molecule has 0 aromatic carbocycles. The average molecular weight is 247 g/mol. The molecule has 86 valence electrons. The summed E-state index contributed by atoms with van der Waals surface area (Å²) >= 11 is 5.17. The fraction of sp³-hybridized carbons (Fsp3) is 0.200. The van der Waals surface area contributed by atoms with Crippen molar-refractivity contribution in [3.05, 3.63) is 42.5 Å². The molecule has 1 heterocycles. The average Bonchev–Trinajstić information content (AvgIpc) is 2.56. The van der Waals surface area contributed by atoms with Gasteiger partial charge >= 0.3 is 0 Å². The molecule has 3 nitrogen and oxygen atoms in total. The quantitative estimate of drug-likeness (QED) is 0.591. The maximum absolute atomic E-state index is 13.6. The fourth-order valence-electron chi connectivity index (χ4n) is 1.19. The zero-order valence-corrected chi connectivity index (χ0v) is 9.05. The third kappa shape index (κ3) is 2.19. The number of carbonyl (C=O) groups is 1. The van der Waals surface area contributed by atoms with Crippen molar-refractivity contribution in [1.29, 1.82) is 0 Å². The van der Waals surface area contributed by atoms with Gasteiger partial charge in [0.15, 0.2) is 6.17 Å². The van der Waals surface area contributed by atoms with Gasteiger partial charge in [0, 0.05) is 0 Å². The highest BCUT2D eigenvalue weighted by Gasteiger charge is 2.26. The van der Waals surface area contributed by atoms with Crippen LogP contribution in [0.3, 0.4) is 0 Å². The summed E-state index contributed by atoms with van der Waals surface area (Å²) in [7, 11) is 0. The Labute approximate surface area is 96.0 Å². The Bertz CT molecular complexity index is 442. The molecule has 0 aliphatic heterocycles. The molecule has 1 aromatic heterocycles. The minimum Gasteiger partial charge on any atom is -0.275 e. The predicted molar refractivity (Wildman–Crippen MR) is 56.6 cm³/mol. The van der Waals surface area contributed by atoms with Crippen molar-refractivity contribution in [2.45, 2.75) is 12.7 Å². The van der Waals surface area contributed by atoms with Crippen LogP contribution < -0.4 is 0 Å². The molecule has 0 saturated heterocycles. The lowest BCUT2D eigenvalue weighted by atomic mass is 10.2. The van der Waals surface area contributed by atoms with Crippen LogP contribution in [0.15, 0.2) is 25.3 Å². The highest BCUT2D eigenvalue weighted by Crippen LogP contribution is 2.25. The van der Waals surface area contributed by atoms with Gasteiger partial charge in [0.05, 0.1) is 6.54 Å². The van der Waals surface area contributed by atoms with E-state index in [1.165, 1.54) is 6.08 Å². The Morgan fingerprint density at radius 2 is 2.25 bits per heavy atom. The molecule has 1 atom stereocenters. The first-order chi connectivity index (χ1) is 7.52. The van der Waals surface area contributed by atoms with E-state index in [0.717, 1.165) is 10.8 Å². The zero-order valence-electron chi connectivity index (χ0n) is 8.29. The molecule has 0 saturated carbocycles. The van der Waals surface area contributed by atoms with Gasteiger partial charge in [-0.25, -0.2) is 9.07 Å². The molecular formula is C10H9ClF2N2O. The number of rotatable bonds is 5. The lowest BCUT2D eigenvalue weighted by Crippen LogP contribution is -2.02. The molecule has 1 rings (SSSR count). The van der Waals surface area contributed by atoms with E-state index in [2.05, 4.69) is 18.3 Å². The van der Waals surface area contributed by atoms with Crippen LogP contribution in [-0.4, -0.2) is 15.0 Å². The normalized spacial score (nSPS) is 12.2. The van der Waals surface area contributed by atoms with Gasteiger partial charge in [0.25, 0.3) is 5.24 Å². The SMILES string of the molecule is C=CCn1nc(C(F)C=C)c(C(=O)Cl)c1F. The maximum atomic E-state index is 13.6. The van der Waals surface area contributed by atoms with Crippen molar-refractivity contribution in [3.63, 3.8) is 0 Å². The Morgan fingerprint density at radius 3 is 2.69 bits per heavy atom. The molecule has 0 aliphatic carbocycles. The molecule has 16 heavy (non-hydrogen) atoms. The summed E-state index contributed by atoms with van der Waals surface area (Å²) in [4.78, 5) is 11.0. The number of allylic oxidation sites excluding steroid dienone is 2. The van der Waals surface area contributed by atoms with Crippen LogP contribution in [0.2, 0.25) is 0 Å². The Morgan fingerprint density at radius 1 is 1.62 bits per heavy atom. The van der Waals surface area contributed by atoms with Gasteiger partial charge in [0.2, 0.25) is 5.95 Å². The van der Waals surface area contributed by atoms with E-state index in [1.54, 1.807) is 0 Å². The Kier molecular flexibility index (Phi) is 3.95. The van der Waals surface area contributed by atoms with Crippen LogP contribution in [0.25, 0.3) is 0 Å². The van der Waals surface area contributed by atoms with Gasteiger partial charge in [-0.2, -0.15) is 9.49 Å². The van der Waals surface area contributed by atoms with Crippen molar-refractivity contribution < 1.29 is 13.6 Å². The second-order valence-corrected chi connectivity index (χ2v) is 3.28. The van der Waals surface area contributed by atoms with Crippen LogP contribution in [0, 0.1) is 5.95 Å². The Hall–Kier alpha value is -1.49. The second-order valence-electron chi connectivity index (χ2n) is 2.93. The van der Waals surface area contributed by atoms with Crippen molar-refractivity contribution in [1.82, 2.24) is 9.78 Å². The largest absolute Gasteiger partial charge is 0.275 e. The van der Waals surface area contributed by atoms with E-state index in [1.807, 2.05) is 0 Å². The smallest absolute Gasteiger partial charge is 0.259 e. The van der Waals surface area contributed by atoms with E-state index < -0.39 is 22.9 Å².